The third-order valence-electron chi connectivity index (χ3n) is 4.71. The Bertz CT molecular complexity index is 517. The molecule has 0 aliphatic heterocycles. The van der Waals surface area contributed by atoms with Crippen LogP contribution in [-0.4, -0.2) is 11.4 Å². The molecule has 116 valence electrons. The molecule has 21 heavy (non-hydrogen) atoms. The average Bonchev–Trinajstić information content (AvgIpc) is 2.38. The van der Waals surface area contributed by atoms with Crippen molar-refractivity contribution in [3.8, 4) is 0 Å². The Morgan fingerprint density at radius 2 is 2.14 bits per heavy atom. The fraction of sp³-hybridized carbons (Fsp3) is 0.588. The molecule has 0 bridgehead atoms. The zero-order valence-electron chi connectivity index (χ0n) is 13.0. The van der Waals surface area contributed by atoms with E-state index in [1.54, 1.807) is 12.1 Å². The van der Waals surface area contributed by atoms with E-state index in [0.29, 0.717) is 23.9 Å². The largest absolute Gasteiger partial charge is 0.371 e. The van der Waals surface area contributed by atoms with Crippen molar-refractivity contribution in [2.75, 3.05) is 5.32 Å². The summed E-state index contributed by atoms with van der Waals surface area (Å²) in [6.45, 7) is 6.37. The molecule has 1 aromatic carbocycles. The standard InChI is InChI=1S/C17H25FN2O/c1-11(2)15-8-7-12(3)10-17(15,16(19)21)20-14-6-4-5-13(18)9-14/h4-6,9,11-12,15,20H,7-8,10H2,1-3H3,(H2,19,21). The molecule has 3 N–H and O–H groups in total. The highest BCUT2D eigenvalue weighted by Gasteiger charge is 2.48. The molecule has 3 unspecified atom stereocenters. The van der Waals surface area contributed by atoms with E-state index in [-0.39, 0.29) is 17.6 Å². The molecule has 1 aliphatic rings. The molecule has 1 aliphatic carbocycles. The van der Waals surface area contributed by atoms with E-state index in [0.717, 1.165) is 12.8 Å². The van der Waals surface area contributed by atoms with Crippen LogP contribution in [0.25, 0.3) is 0 Å². The van der Waals surface area contributed by atoms with Crippen LogP contribution in [0.2, 0.25) is 0 Å². The quantitative estimate of drug-likeness (QED) is 0.891. The van der Waals surface area contributed by atoms with Crippen LogP contribution in [0.15, 0.2) is 24.3 Å². The lowest BCUT2D eigenvalue weighted by molar-refractivity contribution is -0.126. The molecule has 0 spiro atoms. The minimum Gasteiger partial charge on any atom is -0.371 e. The van der Waals surface area contributed by atoms with Crippen LogP contribution in [0.4, 0.5) is 10.1 Å². The van der Waals surface area contributed by atoms with Crippen LogP contribution in [-0.2, 0) is 4.79 Å². The second-order valence-corrected chi connectivity index (χ2v) is 6.71. The lowest BCUT2D eigenvalue weighted by atomic mass is 9.64. The lowest BCUT2D eigenvalue weighted by Crippen LogP contribution is -2.60. The molecular weight excluding hydrogens is 267 g/mol. The first-order valence-electron chi connectivity index (χ1n) is 7.69. The zero-order valence-corrected chi connectivity index (χ0v) is 13.0. The molecule has 0 saturated heterocycles. The first kappa shape index (κ1) is 15.8. The molecule has 4 heteroatoms. The van der Waals surface area contributed by atoms with E-state index in [9.17, 15) is 9.18 Å². The molecule has 3 atom stereocenters. The Hall–Kier alpha value is -1.58. The van der Waals surface area contributed by atoms with Crippen LogP contribution >= 0.6 is 0 Å². The summed E-state index contributed by atoms with van der Waals surface area (Å²) in [7, 11) is 0. The van der Waals surface area contributed by atoms with Crippen LogP contribution in [0.5, 0.6) is 0 Å². The number of carbonyl (C=O) groups excluding carboxylic acids is 1. The lowest BCUT2D eigenvalue weighted by Gasteiger charge is -2.47. The van der Waals surface area contributed by atoms with Gasteiger partial charge < -0.3 is 11.1 Å². The van der Waals surface area contributed by atoms with Gasteiger partial charge in [0.05, 0.1) is 0 Å². The van der Waals surface area contributed by atoms with Gasteiger partial charge >= 0.3 is 0 Å². The summed E-state index contributed by atoms with van der Waals surface area (Å²) in [5, 5.41) is 3.28. The zero-order chi connectivity index (χ0) is 15.6. The third kappa shape index (κ3) is 3.20. The molecule has 0 heterocycles. The average molecular weight is 292 g/mol. The molecule has 1 fully saturated rings. The summed E-state index contributed by atoms with van der Waals surface area (Å²) in [6, 6.07) is 6.24. The number of benzene rings is 1. The van der Waals surface area contributed by atoms with Crippen molar-refractivity contribution in [3.63, 3.8) is 0 Å². The van der Waals surface area contributed by atoms with Crippen LogP contribution in [0, 0.1) is 23.6 Å². The monoisotopic (exact) mass is 292 g/mol. The van der Waals surface area contributed by atoms with Gasteiger partial charge in [-0.15, -0.1) is 0 Å². The highest BCUT2D eigenvalue weighted by Crippen LogP contribution is 2.43. The molecule has 0 radical (unpaired) electrons. The fourth-order valence-corrected chi connectivity index (χ4v) is 3.73. The molecular formula is C17H25FN2O. The van der Waals surface area contributed by atoms with Crippen LogP contribution < -0.4 is 11.1 Å². The predicted molar refractivity (Wildman–Crippen MR) is 83.3 cm³/mol. The van der Waals surface area contributed by atoms with E-state index in [1.165, 1.54) is 12.1 Å². The smallest absolute Gasteiger partial charge is 0.243 e. The number of nitrogens with one attached hydrogen (secondary N) is 1. The highest BCUT2D eigenvalue weighted by atomic mass is 19.1. The van der Waals surface area contributed by atoms with Gasteiger partial charge in [0.15, 0.2) is 0 Å². The summed E-state index contributed by atoms with van der Waals surface area (Å²) >= 11 is 0. The molecule has 1 saturated carbocycles. The van der Waals surface area contributed by atoms with Gasteiger partial charge in [0, 0.05) is 5.69 Å². The van der Waals surface area contributed by atoms with E-state index < -0.39 is 5.54 Å². The maximum Gasteiger partial charge on any atom is 0.243 e. The van der Waals surface area contributed by atoms with Gasteiger partial charge in [-0.2, -0.15) is 0 Å². The van der Waals surface area contributed by atoms with Crippen molar-refractivity contribution in [1.82, 2.24) is 0 Å². The second kappa shape index (κ2) is 6.04. The molecule has 2 rings (SSSR count). The number of rotatable bonds is 4. The summed E-state index contributed by atoms with van der Waals surface area (Å²) in [5.41, 5.74) is 5.61. The van der Waals surface area contributed by atoms with Crippen LogP contribution in [0.3, 0.4) is 0 Å². The minimum atomic E-state index is -0.792. The number of hydrogen-bond donors (Lipinski definition) is 2. The topological polar surface area (TPSA) is 55.1 Å². The van der Waals surface area contributed by atoms with E-state index in [4.69, 9.17) is 5.73 Å². The SMILES string of the molecule is CC1CCC(C(C)C)C(Nc2cccc(F)c2)(C(N)=O)C1. The van der Waals surface area contributed by atoms with E-state index in [2.05, 4.69) is 26.1 Å². The van der Waals surface area contributed by atoms with Crippen LogP contribution in [0.1, 0.15) is 40.0 Å². The van der Waals surface area contributed by atoms with Gasteiger partial charge in [0.2, 0.25) is 5.91 Å². The Kier molecular flexibility index (Phi) is 4.55. The van der Waals surface area contributed by atoms with Gasteiger partial charge in [0.1, 0.15) is 11.4 Å². The van der Waals surface area contributed by atoms with Gasteiger partial charge in [-0.25, -0.2) is 4.39 Å². The highest BCUT2D eigenvalue weighted by molar-refractivity contribution is 5.88. The third-order valence-corrected chi connectivity index (χ3v) is 4.71. The van der Waals surface area contributed by atoms with E-state index in [1.807, 2.05) is 0 Å². The van der Waals surface area contributed by atoms with Crippen molar-refractivity contribution in [3.05, 3.63) is 30.1 Å². The predicted octanol–water partition coefficient (Wildman–Crippen LogP) is 3.55. The number of anilines is 1. The Labute approximate surface area is 126 Å². The van der Waals surface area contributed by atoms with Crippen molar-refractivity contribution in [2.45, 2.75) is 45.6 Å². The second-order valence-electron chi connectivity index (χ2n) is 6.71. The number of carbonyl (C=O) groups is 1. The van der Waals surface area contributed by atoms with Gasteiger partial charge in [-0.1, -0.05) is 33.3 Å². The maximum atomic E-state index is 13.4. The normalized spacial score (nSPS) is 29.4. The number of nitrogens with two attached hydrogens (primary N) is 1. The van der Waals surface area contributed by atoms with Gasteiger partial charge in [0.25, 0.3) is 0 Å². The van der Waals surface area contributed by atoms with Crippen molar-refractivity contribution in [1.29, 1.82) is 0 Å². The first-order chi connectivity index (χ1) is 9.85. The number of hydrogen-bond acceptors (Lipinski definition) is 2. The summed E-state index contributed by atoms with van der Waals surface area (Å²) in [5.74, 6) is 0.274. The Morgan fingerprint density at radius 3 is 2.71 bits per heavy atom. The molecule has 1 amide bonds. The van der Waals surface area contributed by atoms with Gasteiger partial charge in [-0.3, -0.25) is 4.79 Å². The molecule has 1 aromatic rings. The summed E-state index contributed by atoms with van der Waals surface area (Å²) in [4.78, 5) is 12.3. The summed E-state index contributed by atoms with van der Waals surface area (Å²) in [6.07, 6.45) is 2.76. The molecule has 3 nitrogen and oxygen atoms in total. The Morgan fingerprint density at radius 1 is 1.43 bits per heavy atom. The van der Waals surface area contributed by atoms with Crippen molar-refractivity contribution in [2.24, 2.45) is 23.5 Å². The van der Waals surface area contributed by atoms with Crippen molar-refractivity contribution >= 4 is 11.6 Å². The number of amides is 1. The first-order valence-corrected chi connectivity index (χ1v) is 7.69. The number of primary amides is 1. The fourth-order valence-electron chi connectivity index (χ4n) is 3.73. The molecule has 0 aromatic heterocycles. The van der Waals surface area contributed by atoms with Gasteiger partial charge in [-0.05, 0) is 48.8 Å². The summed E-state index contributed by atoms with van der Waals surface area (Å²) < 4.78 is 13.4. The number of halogens is 1. The maximum absolute atomic E-state index is 13.4. The van der Waals surface area contributed by atoms with Crippen molar-refractivity contribution < 1.29 is 9.18 Å². The minimum absolute atomic E-state index is 0.162. The Balaban J connectivity index is 2.39. The van der Waals surface area contributed by atoms with E-state index >= 15 is 0 Å².